The number of para-hydroxylation sites is 1. The third kappa shape index (κ3) is 1.38. The Labute approximate surface area is 119 Å². The number of fused-ring (bicyclic) bond motifs is 5. The Kier molecular flexibility index (Phi) is 2.33. The van der Waals surface area contributed by atoms with E-state index in [-0.39, 0.29) is 5.54 Å². The van der Waals surface area contributed by atoms with Crippen molar-refractivity contribution in [2.24, 2.45) is 0 Å². The van der Waals surface area contributed by atoms with Gasteiger partial charge in [-0.15, -0.1) is 0 Å². The number of rotatable bonds is 0. The summed E-state index contributed by atoms with van der Waals surface area (Å²) in [6.07, 6.45) is 3.75. The monoisotopic (exact) mass is 268 g/mol. The highest BCUT2D eigenvalue weighted by molar-refractivity contribution is 5.89. The number of carbonyl (C=O) groups excluding carboxylic acids is 1. The summed E-state index contributed by atoms with van der Waals surface area (Å²) in [6.45, 7) is 5.24. The van der Waals surface area contributed by atoms with E-state index in [0.717, 1.165) is 25.8 Å². The van der Waals surface area contributed by atoms with Crippen LogP contribution in [0.1, 0.15) is 43.0 Å². The summed E-state index contributed by atoms with van der Waals surface area (Å²) in [4.78, 5) is 18.0. The summed E-state index contributed by atoms with van der Waals surface area (Å²) < 4.78 is 0. The van der Waals surface area contributed by atoms with E-state index in [1.807, 2.05) is 0 Å². The molecule has 2 aliphatic heterocycles. The van der Waals surface area contributed by atoms with Crippen LogP contribution in [0.2, 0.25) is 0 Å². The van der Waals surface area contributed by atoms with Crippen molar-refractivity contribution in [1.82, 2.24) is 9.88 Å². The second-order valence-electron chi connectivity index (χ2n) is 6.40. The van der Waals surface area contributed by atoms with Crippen LogP contribution in [0.5, 0.6) is 0 Å². The lowest BCUT2D eigenvalue weighted by Gasteiger charge is -2.47. The van der Waals surface area contributed by atoms with Gasteiger partial charge in [-0.2, -0.15) is 0 Å². The average Bonchev–Trinajstić information content (AvgIpc) is 2.80. The Morgan fingerprint density at radius 3 is 3.00 bits per heavy atom. The molecule has 1 aromatic carbocycles. The van der Waals surface area contributed by atoms with Gasteiger partial charge in [0.1, 0.15) is 0 Å². The summed E-state index contributed by atoms with van der Waals surface area (Å²) >= 11 is 0. The van der Waals surface area contributed by atoms with Gasteiger partial charge < -0.3 is 9.88 Å². The normalized spacial score (nSPS) is 25.7. The van der Waals surface area contributed by atoms with Crippen molar-refractivity contribution in [2.75, 3.05) is 6.54 Å². The molecule has 1 amide bonds. The van der Waals surface area contributed by atoms with Crippen molar-refractivity contribution in [1.29, 1.82) is 0 Å². The van der Waals surface area contributed by atoms with E-state index in [1.54, 1.807) is 0 Å². The molecule has 0 spiro atoms. The zero-order valence-corrected chi connectivity index (χ0v) is 12.1. The summed E-state index contributed by atoms with van der Waals surface area (Å²) in [6, 6.07) is 6.49. The molecular formula is C17H20N2O. The minimum Gasteiger partial charge on any atom is -0.356 e. The van der Waals surface area contributed by atoms with Crippen LogP contribution in [-0.2, 0) is 16.8 Å². The zero-order valence-electron chi connectivity index (χ0n) is 12.1. The fourth-order valence-corrected chi connectivity index (χ4v) is 4.12. The standard InChI is InChI=1S/C17H20N2O/c1-11-5-3-6-12-13-8-10-19-14(20)7-4-9-17(19,2)16(13)18-15(11)12/h3,5-6,18H,4,7-10H2,1-2H3/t17-/m1/s1. The number of nitrogens with zero attached hydrogens (tertiary/aromatic N) is 1. The van der Waals surface area contributed by atoms with Crippen LogP contribution < -0.4 is 0 Å². The molecule has 0 radical (unpaired) electrons. The predicted molar refractivity (Wildman–Crippen MR) is 79.7 cm³/mol. The summed E-state index contributed by atoms with van der Waals surface area (Å²) in [5.74, 6) is 0.319. The van der Waals surface area contributed by atoms with Crippen LogP contribution in [-0.4, -0.2) is 22.3 Å². The number of aromatic amines is 1. The quantitative estimate of drug-likeness (QED) is 0.782. The van der Waals surface area contributed by atoms with Crippen LogP contribution in [0.4, 0.5) is 0 Å². The van der Waals surface area contributed by atoms with E-state index in [9.17, 15) is 4.79 Å². The number of H-pyrrole nitrogens is 1. The van der Waals surface area contributed by atoms with Crippen molar-refractivity contribution < 1.29 is 4.79 Å². The number of hydrogen-bond donors (Lipinski definition) is 1. The minimum absolute atomic E-state index is 0.131. The van der Waals surface area contributed by atoms with Gasteiger partial charge in [-0.25, -0.2) is 0 Å². The highest BCUT2D eigenvalue weighted by Gasteiger charge is 2.45. The van der Waals surface area contributed by atoms with Crippen LogP contribution in [0.3, 0.4) is 0 Å². The summed E-state index contributed by atoms with van der Waals surface area (Å²) in [7, 11) is 0. The average molecular weight is 268 g/mol. The highest BCUT2D eigenvalue weighted by Crippen LogP contribution is 2.44. The van der Waals surface area contributed by atoms with Gasteiger partial charge >= 0.3 is 0 Å². The van der Waals surface area contributed by atoms with E-state index < -0.39 is 0 Å². The molecule has 1 saturated heterocycles. The Morgan fingerprint density at radius 1 is 1.30 bits per heavy atom. The third-order valence-corrected chi connectivity index (χ3v) is 5.22. The molecule has 104 valence electrons. The number of aromatic nitrogens is 1. The zero-order chi connectivity index (χ0) is 13.9. The lowest BCUT2D eigenvalue weighted by atomic mass is 9.79. The van der Waals surface area contributed by atoms with Crippen LogP contribution in [0.25, 0.3) is 10.9 Å². The largest absolute Gasteiger partial charge is 0.356 e. The van der Waals surface area contributed by atoms with Gasteiger partial charge in [0.2, 0.25) is 5.91 Å². The van der Waals surface area contributed by atoms with Crippen LogP contribution >= 0.6 is 0 Å². The second-order valence-corrected chi connectivity index (χ2v) is 6.40. The molecule has 0 unspecified atom stereocenters. The first-order valence-corrected chi connectivity index (χ1v) is 7.52. The summed E-state index contributed by atoms with van der Waals surface area (Å²) in [5, 5.41) is 1.35. The van der Waals surface area contributed by atoms with E-state index in [2.05, 4.69) is 41.9 Å². The molecule has 1 N–H and O–H groups in total. The van der Waals surface area contributed by atoms with E-state index in [0.29, 0.717) is 12.3 Å². The predicted octanol–water partition coefficient (Wildman–Crippen LogP) is 3.26. The summed E-state index contributed by atoms with van der Waals surface area (Å²) in [5.41, 5.74) is 5.11. The van der Waals surface area contributed by atoms with Crippen LogP contribution in [0, 0.1) is 6.92 Å². The van der Waals surface area contributed by atoms with Crippen LogP contribution in [0.15, 0.2) is 18.2 Å². The fourth-order valence-electron chi connectivity index (χ4n) is 4.12. The number of aryl methyl sites for hydroxylation is 1. The highest BCUT2D eigenvalue weighted by atomic mass is 16.2. The Hall–Kier alpha value is -1.77. The maximum atomic E-state index is 12.2. The van der Waals surface area contributed by atoms with E-state index >= 15 is 0 Å². The maximum absolute atomic E-state index is 12.2. The first-order chi connectivity index (χ1) is 9.61. The van der Waals surface area contributed by atoms with E-state index in [4.69, 9.17) is 0 Å². The number of benzene rings is 1. The Bertz CT molecular complexity index is 715. The van der Waals surface area contributed by atoms with Crippen molar-refractivity contribution >= 4 is 16.8 Å². The molecule has 1 atom stereocenters. The molecule has 20 heavy (non-hydrogen) atoms. The second kappa shape index (κ2) is 3.87. The molecule has 0 aliphatic carbocycles. The van der Waals surface area contributed by atoms with Gasteiger partial charge in [0.15, 0.2) is 0 Å². The first-order valence-electron chi connectivity index (χ1n) is 7.52. The molecule has 3 heterocycles. The molecular weight excluding hydrogens is 248 g/mol. The topological polar surface area (TPSA) is 36.1 Å². The first kappa shape index (κ1) is 12.0. The molecule has 4 rings (SSSR count). The molecule has 1 aromatic heterocycles. The smallest absolute Gasteiger partial charge is 0.223 e. The van der Waals surface area contributed by atoms with Gasteiger partial charge in [-0.1, -0.05) is 18.2 Å². The SMILES string of the molecule is Cc1cccc2c3c([nH]c12)[C@@]1(C)CCCC(=O)N1CC3. The number of piperidine rings is 1. The van der Waals surface area contributed by atoms with Crippen molar-refractivity contribution in [3.63, 3.8) is 0 Å². The van der Waals surface area contributed by atoms with Gasteiger partial charge in [0.05, 0.1) is 5.54 Å². The molecule has 2 aliphatic rings. The number of nitrogens with one attached hydrogen (secondary N) is 1. The molecule has 3 heteroatoms. The third-order valence-electron chi connectivity index (χ3n) is 5.22. The molecule has 0 bridgehead atoms. The molecule has 1 fully saturated rings. The van der Waals surface area contributed by atoms with Crippen molar-refractivity contribution in [2.45, 2.75) is 45.1 Å². The number of amides is 1. The molecule has 3 nitrogen and oxygen atoms in total. The number of carbonyl (C=O) groups is 1. The van der Waals surface area contributed by atoms with E-state index in [1.165, 1.54) is 27.7 Å². The molecule has 2 aromatic rings. The molecule has 0 saturated carbocycles. The Morgan fingerprint density at radius 2 is 2.15 bits per heavy atom. The lowest BCUT2D eigenvalue weighted by Crippen LogP contribution is -2.54. The van der Waals surface area contributed by atoms with Crippen molar-refractivity contribution in [3.8, 4) is 0 Å². The van der Waals surface area contributed by atoms with Gasteiger partial charge in [0.25, 0.3) is 0 Å². The Balaban J connectivity index is 1.98. The maximum Gasteiger partial charge on any atom is 0.223 e. The fraction of sp³-hybridized carbons (Fsp3) is 0.471. The van der Waals surface area contributed by atoms with Crippen molar-refractivity contribution in [3.05, 3.63) is 35.0 Å². The number of hydrogen-bond acceptors (Lipinski definition) is 1. The van der Waals surface area contributed by atoms with Gasteiger partial charge in [-0.3, -0.25) is 4.79 Å². The van der Waals surface area contributed by atoms with Gasteiger partial charge in [0, 0.05) is 29.6 Å². The van der Waals surface area contributed by atoms with Gasteiger partial charge in [-0.05, 0) is 44.2 Å². The lowest BCUT2D eigenvalue weighted by molar-refractivity contribution is -0.142. The minimum atomic E-state index is -0.131.